The number of hydrogen-bond acceptors (Lipinski definition) is 6. The molecule has 0 radical (unpaired) electrons. The van der Waals surface area contributed by atoms with Crippen LogP contribution in [0.15, 0.2) is 35.7 Å². The van der Waals surface area contributed by atoms with Gasteiger partial charge in [0.05, 0.1) is 23.6 Å². The molecule has 0 atom stereocenters. The fourth-order valence-electron chi connectivity index (χ4n) is 2.98. The highest BCUT2D eigenvalue weighted by atomic mass is 32.1. The minimum absolute atomic E-state index is 0.214. The van der Waals surface area contributed by atoms with Crippen molar-refractivity contribution in [3.63, 3.8) is 0 Å². The summed E-state index contributed by atoms with van der Waals surface area (Å²) in [5, 5.41) is 11.5. The smallest absolute Gasteiger partial charge is 0.367 e. The summed E-state index contributed by atoms with van der Waals surface area (Å²) in [5.74, 6) is -0.762. The summed E-state index contributed by atoms with van der Waals surface area (Å²) < 4.78 is 6.97. The minimum Gasteiger partial charge on any atom is -0.508 e. The van der Waals surface area contributed by atoms with Gasteiger partial charge in [0, 0.05) is 17.6 Å². The van der Waals surface area contributed by atoms with Crippen LogP contribution >= 0.6 is 11.3 Å². The van der Waals surface area contributed by atoms with Gasteiger partial charge in [-0.1, -0.05) is 12.1 Å². The average molecular weight is 399 g/mol. The Balaban J connectivity index is 1.94. The van der Waals surface area contributed by atoms with Crippen LogP contribution in [0.2, 0.25) is 0 Å². The van der Waals surface area contributed by atoms with Gasteiger partial charge in [-0.15, -0.1) is 11.3 Å². The van der Waals surface area contributed by atoms with Gasteiger partial charge in [0.2, 0.25) is 5.01 Å². The number of phenolic OH excluding ortho intramolecular Hbond substituents is 1. The molecular formula is C20H21N3O4S. The second-order valence-electron chi connectivity index (χ2n) is 6.22. The van der Waals surface area contributed by atoms with Crippen LogP contribution in [0.25, 0.3) is 11.4 Å². The summed E-state index contributed by atoms with van der Waals surface area (Å²) in [6, 6.07) is 8.69. The molecule has 0 unspecified atom stereocenters. The monoisotopic (exact) mass is 399 g/mol. The molecule has 8 heteroatoms. The van der Waals surface area contributed by atoms with Gasteiger partial charge < -0.3 is 20.1 Å². The molecule has 3 aromatic rings. The normalized spacial score (nSPS) is 10.8. The van der Waals surface area contributed by atoms with Crippen molar-refractivity contribution < 1.29 is 19.4 Å². The number of carbonyl (C=O) groups excluding carboxylic acids is 2. The van der Waals surface area contributed by atoms with E-state index in [1.54, 1.807) is 30.5 Å². The Hall–Kier alpha value is -3.13. The van der Waals surface area contributed by atoms with Crippen LogP contribution in [0.1, 0.15) is 38.3 Å². The van der Waals surface area contributed by atoms with Crippen LogP contribution in [0.4, 0.5) is 0 Å². The molecule has 0 aliphatic rings. The maximum atomic E-state index is 11.9. The third-order valence-corrected chi connectivity index (χ3v) is 5.23. The zero-order valence-corrected chi connectivity index (χ0v) is 16.5. The molecule has 0 saturated heterocycles. The van der Waals surface area contributed by atoms with Crippen molar-refractivity contribution in [2.24, 2.45) is 5.73 Å². The molecule has 7 nitrogen and oxygen atoms in total. The average Bonchev–Trinajstić information content (AvgIpc) is 3.26. The van der Waals surface area contributed by atoms with E-state index in [9.17, 15) is 14.7 Å². The standard InChI is InChI=1S/C20H21N3O4S/c1-3-27-20(26)19-22-16(11-28-19)17-10-15(18(21)25)12(2)23(17)9-8-13-4-6-14(24)7-5-13/h4-7,10-11,24H,3,8-9H2,1-2H3,(H2,21,25). The third-order valence-electron chi connectivity index (χ3n) is 4.41. The molecule has 3 N–H and O–H groups in total. The predicted octanol–water partition coefficient (Wildman–Crippen LogP) is 3.14. The van der Waals surface area contributed by atoms with Crippen molar-refractivity contribution in [1.29, 1.82) is 0 Å². The first-order valence-corrected chi connectivity index (χ1v) is 9.69. The van der Waals surface area contributed by atoms with Gasteiger partial charge in [-0.25, -0.2) is 9.78 Å². The predicted molar refractivity (Wildman–Crippen MR) is 107 cm³/mol. The minimum atomic E-state index is -0.511. The third kappa shape index (κ3) is 4.07. The van der Waals surface area contributed by atoms with Crippen molar-refractivity contribution in [2.75, 3.05) is 6.61 Å². The first kappa shape index (κ1) is 19.6. The fourth-order valence-corrected chi connectivity index (χ4v) is 3.68. The summed E-state index contributed by atoms with van der Waals surface area (Å²) in [4.78, 5) is 28.1. The number of phenols is 1. The molecule has 3 rings (SSSR count). The molecule has 0 spiro atoms. The molecule has 0 bridgehead atoms. The second kappa shape index (κ2) is 8.26. The van der Waals surface area contributed by atoms with E-state index in [1.807, 2.05) is 23.6 Å². The number of primary amides is 1. The molecule has 0 aliphatic heterocycles. The molecule has 1 aromatic carbocycles. The number of esters is 1. The molecule has 0 fully saturated rings. The molecule has 1 amide bonds. The number of nitrogens with zero attached hydrogens (tertiary/aromatic N) is 2. The topological polar surface area (TPSA) is 107 Å². The first-order valence-electron chi connectivity index (χ1n) is 8.81. The number of benzene rings is 1. The molecule has 146 valence electrons. The highest BCUT2D eigenvalue weighted by molar-refractivity contribution is 7.11. The Morgan fingerprint density at radius 2 is 2.00 bits per heavy atom. The van der Waals surface area contributed by atoms with E-state index in [-0.39, 0.29) is 17.4 Å². The summed E-state index contributed by atoms with van der Waals surface area (Å²) in [7, 11) is 0. The number of aryl methyl sites for hydroxylation is 1. The summed E-state index contributed by atoms with van der Waals surface area (Å²) >= 11 is 1.20. The first-order chi connectivity index (χ1) is 13.4. The van der Waals surface area contributed by atoms with Crippen LogP contribution in [-0.2, 0) is 17.7 Å². The largest absolute Gasteiger partial charge is 0.508 e. The van der Waals surface area contributed by atoms with E-state index < -0.39 is 11.9 Å². The quantitative estimate of drug-likeness (QED) is 0.594. The number of aromatic nitrogens is 2. The molecule has 0 saturated carbocycles. The second-order valence-corrected chi connectivity index (χ2v) is 7.08. The lowest BCUT2D eigenvalue weighted by atomic mass is 10.1. The summed E-state index contributed by atoms with van der Waals surface area (Å²) in [6.45, 7) is 4.44. The summed E-state index contributed by atoms with van der Waals surface area (Å²) in [6.07, 6.45) is 0.690. The van der Waals surface area contributed by atoms with Gasteiger partial charge in [0.25, 0.3) is 5.91 Å². The van der Waals surface area contributed by atoms with E-state index in [2.05, 4.69) is 4.98 Å². The zero-order valence-electron chi connectivity index (χ0n) is 15.6. The van der Waals surface area contributed by atoms with E-state index in [1.165, 1.54) is 11.3 Å². The van der Waals surface area contributed by atoms with E-state index >= 15 is 0 Å². The number of thiazole rings is 1. The van der Waals surface area contributed by atoms with E-state index in [0.29, 0.717) is 24.2 Å². The van der Waals surface area contributed by atoms with Crippen molar-refractivity contribution in [2.45, 2.75) is 26.8 Å². The highest BCUT2D eigenvalue weighted by Gasteiger charge is 2.20. The van der Waals surface area contributed by atoms with Gasteiger partial charge in [0.1, 0.15) is 5.75 Å². The van der Waals surface area contributed by atoms with Gasteiger partial charge in [-0.05, 0) is 44.0 Å². The Morgan fingerprint density at radius 1 is 1.29 bits per heavy atom. The molecule has 2 aromatic heterocycles. The lowest BCUT2D eigenvalue weighted by Crippen LogP contribution is -2.13. The maximum absolute atomic E-state index is 11.9. The SMILES string of the molecule is CCOC(=O)c1nc(-c2cc(C(N)=O)c(C)n2CCc2ccc(O)cc2)cs1. The number of carbonyl (C=O) groups is 2. The lowest BCUT2D eigenvalue weighted by molar-refractivity contribution is 0.0526. The molecule has 0 aliphatic carbocycles. The van der Waals surface area contributed by atoms with Crippen LogP contribution in [0, 0.1) is 6.92 Å². The Labute approximate surface area is 166 Å². The van der Waals surface area contributed by atoms with Crippen LogP contribution in [0.3, 0.4) is 0 Å². The van der Waals surface area contributed by atoms with Crippen molar-refractivity contribution in [1.82, 2.24) is 9.55 Å². The molecule has 2 heterocycles. The number of ether oxygens (including phenoxy) is 1. The highest BCUT2D eigenvalue weighted by Crippen LogP contribution is 2.28. The Morgan fingerprint density at radius 3 is 2.64 bits per heavy atom. The van der Waals surface area contributed by atoms with Gasteiger partial charge in [-0.2, -0.15) is 0 Å². The Bertz CT molecular complexity index is 1010. The van der Waals surface area contributed by atoms with Crippen LogP contribution < -0.4 is 5.73 Å². The number of aromatic hydroxyl groups is 1. The van der Waals surface area contributed by atoms with Gasteiger partial charge in [0.15, 0.2) is 0 Å². The van der Waals surface area contributed by atoms with Crippen molar-refractivity contribution in [3.8, 4) is 17.1 Å². The van der Waals surface area contributed by atoms with Crippen molar-refractivity contribution in [3.05, 3.63) is 57.5 Å². The zero-order chi connectivity index (χ0) is 20.3. The van der Waals surface area contributed by atoms with E-state index in [4.69, 9.17) is 10.5 Å². The Kier molecular flexibility index (Phi) is 5.79. The van der Waals surface area contributed by atoms with Crippen molar-refractivity contribution >= 4 is 23.2 Å². The summed E-state index contributed by atoms with van der Waals surface area (Å²) in [5.41, 5.74) is 9.04. The molecule has 28 heavy (non-hydrogen) atoms. The maximum Gasteiger partial charge on any atom is 0.367 e. The van der Waals surface area contributed by atoms with E-state index in [0.717, 1.165) is 17.0 Å². The number of nitrogens with two attached hydrogens (primary N) is 1. The van der Waals surface area contributed by atoms with Gasteiger partial charge >= 0.3 is 5.97 Å². The molecular weight excluding hydrogens is 378 g/mol. The van der Waals surface area contributed by atoms with Gasteiger partial charge in [-0.3, -0.25) is 4.79 Å². The van der Waals surface area contributed by atoms with Crippen LogP contribution in [0.5, 0.6) is 5.75 Å². The lowest BCUT2D eigenvalue weighted by Gasteiger charge is -2.11. The number of hydrogen-bond donors (Lipinski definition) is 2. The fraction of sp³-hybridized carbons (Fsp3) is 0.250. The number of rotatable bonds is 7. The number of amides is 1. The van der Waals surface area contributed by atoms with Crippen LogP contribution in [-0.4, -0.2) is 33.1 Å².